The lowest BCUT2D eigenvalue weighted by Crippen LogP contribution is -2.40. The van der Waals surface area contributed by atoms with Crippen LogP contribution in [0, 0.1) is 11.3 Å². The number of nitrogens with zero attached hydrogens (tertiary/aromatic N) is 3. The number of carbonyl (C=O) groups is 1. The first-order chi connectivity index (χ1) is 13.2. The van der Waals surface area contributed by atoms with Gasteiger partial charge in [-0.3, -0.25) is 4.79 Å². The Morgan fingerprint density at radius 3 is 2.71 bits per heavy atom. The number of carbonyl (C=O) groups excluding carboxylic acids is 1. The number of piperidine rings is 1. The number of aromatic nitrogens is 2. The summed E-state index contributed by atoms with van der Waals surface area (Å²) < 4.78 is 5.53. The lowest BCUT2D eigenvalue weighted by Gasteiger charge is -2.32. The third-order valence-corrected chi connectivity index (χ3v) is 5.40. The summed E-state index contributed by atoms with van der Waals surface area (Å²) >= 11 is 5.94. The SMILES string of the molecule is C[C@H](CC(=O)N1CCC[C@@H](c2nc(-c3ccc(Cl)cc3)no2)C1)CC(C)(C)C. The van der Waals surface area contributed by atoms with Gasteiger partial charge in [-0.15, -0.1) is 0 Å². The Hall–Kier alpha value is -1.88. The number of hydrogen-bond acceptors (Lipinski definition) is 4. The molecular formula is C22H30ClN3O2. The lowest BCUT2D eigenvalue weighted by molar-refractivity contribution is -0.133. The summed E-state index contributed by atoms with van der Waals surface area (Å²) in [5.41, 5.74) is 1.12. The third-order valence-electron chi connectivity index (χ3n) is 5.15. The van der Waals surface area contributed by atoms with Crippen molar-refractivity contribution in [2.75, 3.05) is 13.1 Å². The highest BCUT2D eigenvalue weighted by Crippen LogP contribution is 2.30. The van der Waals surface area contributed by atoms with Crippen molar-refractivity contribution in [2.45, 2.75) is 59.3 Å². The molecule has 0 radical (unpaired) electrons. The van der Waals surface area contributed by atoms with Gasteiger partial charge in [0.15, 0.2) is 0 Å². The number of amides is 1. The van der Waals surface area contributed by atoms with Gasteiger partial charge in [-0.2, -0.15) is 4.98 Å². The summed E-state index contributed by atoms with van der Waals surface area (Å²) in [5.74, 6) is 1.90. The van der Waals surface area contributed by atoms with Crippen molar-refractivity contribution in [2.24, 2.45) is 11.3 Å². The molecule has 1 fully saturated rings. The van der Waals surface area contributed by atoms with E-state index in [1.807, 2.05) is 29.2 Å². The first-order valence-corrected chi connectivity index (χ1v) is 10.5. The number of likely N-dealkylation sites (tertiary alicyclic amines) is 1. The molecule has 0 aliphatic carbocycles. The molecule has 6 heteroatoms. The van der Waals surface area contributed by atoms with Crippen LogP contribution in [0.25, 0.3) is 11.4 Å². The molecule has 0 bridgehead atoms. The van der Waals surface area contributed by atoms with Crippen molar-refractivity contribution in [3.8, 4) is 11.4 Å². The zero-order valence-corrected chi connectivity index (χ0v) is 18.0. The van der Waals surface area contributed by atoms with E-state index < -0.39 is 0 Å². The zero-order chi connectivity index (χ0) is 20.3. The van der Waals surface area contributed by atoms with Crippen molar-refractivity contribution in [1.29, 1.82) is 0 Å². The molecule has 152 valence electrons. The second kappa shape index (κ2) is 8.64. The summed E-state index contributed by atoms with van der Waals surface area (Å²) in [6.45, 7) is 10.3. The largest absolute Gasteiger partial charge is 0.342 e. The van der Waals surface area contributed by atoms with Crippen molar-refractivity contribution in [3.63, 3.8) is 0 Å². The molecule has 2 aromatic rings. The normalized spacial score (nSPS) is 18.9. The van der Waals surface area contributed by atoms with Crippen LogP contribution in [-0.2, 0) is 4.79 Å². The minimum absolute atomic E-state index is 0.101. The van der Waals surface area contributed by atoms with Crippen LogP contribution in [0.3, 0.4) is 0 Å². The monoisotopic (exact) mass is 403 g/mol. The lowest BCUT2D eigenvalue weighted by atomic mass is 9.84. The summed E-state index contributed by atoms with van der Waals surface area (Å²) in [5, 5.41) is 4.79. The van der Waals surface area contributed by atoms with Crippen molar-refractivity contribution in [3.05, 3.63) is 35.2 Å². The average Bonchev–Trinajstić information content (AvgIpc) is 3.11. The average molecular weight is 404 g/mol. The van der Waals surface area contributed by atoms with Gasteiger partial charge >= 0.3 is 0 Å². The van der Waals surface area contributed by atoms with Crippen LogP contribution in [0.5, 0.6) is 0 Å². The molecule has 2 heterocycles. The summed E-state index contributed by atoms with van der Waals surface area (Å²) in [4.78, 5) is 19.3. The van der Waals surface area contributed by atoms with E-state index in [2.05, 4.69) is 37.8 Å². The summed E-state index contributed by atoms with van der Waals surface area (Å²) in [6, 6.07) is 7.38. The van der Waals surface area contributed by atoms with Crippen LogP contribution in [0.1, 0.15) is 65.2 Å². The topological polar surface area (TPSA) is 59.2 Å². The van der Waals surface area contributed by atoms with E-state index in [1.165, 1.54) is 0 Å². The van der Waals surface area contributed by atoms with Gasteiger partial charge < -0.3 is 9.42 Å². The second-order valence-electron chi connectivity index (χ2n) is 9.22. The molecule has 1 saturated heterocycles. The van der Waals surface area contributed by atoms with Gasteiger partial charge in [-0.1, -0.05) is 44.5 Å². The molecule has 1 aliphatic rings. The van der Waals surface area contributed by atoms with Gasteiger partial charge in [0.25, 0.3) is 0 Å². The van der Waals surface area contributed by atoms with E-state index in [-0.39, 0.29) is 17.2 Å². The zero-order valence-electron chi connectivity index (χ0n) is 17.2. The predicted molar refractivity (Wildman–Crippen MR) is 111 cm³/mol. The molecule has 2 atom stereocenters. The fraction of sp³-hybridized carbons (Fsp3) is 0.591. The molecule has 5 nitrogen and oxygen atoms in total. The first-order valence-electron chi connectivity index (χ1n) is 10.1. The van der Waals surface area contributed by atoms with Crippen LogP contribution in [0.2, 0.25) is 5.02 Å². The molecule has 1 aliphatic heterocycles. The molecule has 1 amide bonds. The Morgan fingerprint density at radius 2 is 2.04 bits per heavy atom. The van der Waals surface area contributed by atoms with E-state index in [0.29, 0.717) is 35.6 Å². The third kappa shape index (κ3) is 5.57. The number of benzene rings is 1. The molecule has 0 spiro atoms. The van der Waals surface area contributed by atoms with E-state index in [0.717, 1.165) is 31.4 Å². The molecule has 1 aromatic heterocycles. The van der Waals surface area contributed by atoms with E-state index in [1.54, 1.807) is 0 Å². The minimum Gasteiger partial charge on any atom is -0.342 e. The molecule has 0 saturated carbocycles. The fourth-order valence-corrected chi connectivity index (χ4v) is 4.19. The highest BCUT2D eigenvalue weighted by molar-refractivity contribution is 6.30. The maximum atomic E-state index is 12.8. The molecule has 0 unspecified atom stereocenters. The van der Waals surface area contributed by atoms with Crippen molar-refractivity contribution in [1.82, 2.24) is 15.0 Å². The Bertz CT molecular complexity index is 795. The highest BCUT2D eigenvalue weighted by atomic mass is 35.5. The Morgan fingerprint density at radius 1 is 1.32 bits per heavy atom. The van der Waals surface area contributed by atoms with Gasteiger partial charge in [0.1, 0.15) is 0 Å². The highest BCUT2D eigenvalue weighted by Gasteiger charge is 2.29. The van der Waals surface area contributed by atoms with Gasteiger partial charge in [0.05, 0.1) is 5.92 Å². The Balaban J connectivity index is 1.62. The maximum absolute atomic E-state index is 12.8. The Labute approximate surface area is 172 Å². The number of hydrogen-bond donors (Lipinski definition) is 0. The maximum Gasteiger partial charge on any atom is 0.231 e. The second-order valence-corrected chi connectivity index (χ2v) is 9.65. The molecule has 28 heavy (non-hydrogen) atoms. The smallest absolute Gasteiger partial charge is 0.231 e. The van der Waals surface area contributed by atoms with Crippen LogP contribution in [-0.4, -0.2) is 34.0 Å². The molecule has 0 N–H and O–H groups in total. The van der Waals surface area contributed by atoms with Gasteiger partial charge in [0, 0.05) is 30.1 Å². The van der Waals surface area contributed by atoms with Crippen molar-refractivity contribution >= 4 is 17.5 Å². The van der Waals surface area contributed by atoms with Gasteiger partial charge in [-0.25, -0.2) is 0 Å². The van der Waals surface area contributed by atoms with Crippen LogP contribution in [0.4, 0.5) is 0 Å². The minimum atomic E-state index is 0.101. The fourth-order valence-electron chi connectivity index (χ4n) is 4.07. The molecular weight excluding hydrogens is 374 g/mol. The van der Waals surface area contributed by atoms with Gasteiger partial charge in [-0.05, 0) is 54.9 Å². The van der Waals surface area contributed by atoms with E-state index in [9.17, 15) is 4.79 Å². The summed E-state index contributed by atoms with van der Waals surface area (Å²) in [6.07, 6.45) is 3.57. The molecule has 1 aromatic carbocycles. The van der Waals surface area contributed by atoms with Crippen LogP contribution in [0.15, 0.2) is 28.8 Å². The quantitative estimate of drug-likeness (QED) is 0.655. The number of halogens is 1. The van der Waals surface area contributed by atoms with Crippen LogP contribution >= 0.6 is 11.6 Å². The predicted octanol–water partition coefficient (Wildman–Crippen LogP) is 5.56. The standard InChI is InChI=1S/C22H30ClN3O2/c1-15(13-22(2,3)4)12-19(27)26-11-5-6-17(14-26)21-24-20(25-28-21)16-7-9-18(23)10-8-16/h7-10,15,17H,5-6,11-14H2,1-4H3/t15-,17-/m1/s1. The summed E-state index contributed by atoms with van der Waals surface area (Å²) in [7, 11) is 0. The van der Waals surface area contributed by atoms with Crippen molar-refractivity contribution < 1.29 is 9.32 Å². The first kappa shape index (κ1) is 20.8. The molecule has 3 rings (SSSR count). The Kier molecular flexibility index (Phi) is 6.43. The van der Waals surface area contributed by atoms with Crippen LogP contribution < -0.4 is 0 Å². The van der Waals surface area contributed by atoms with E-state index >= 15 is 0 Å². The number of rotatable bonds is 5. The van der Waals surface area contributed by atoms with E-state index in [4.69, 9.17) is 16.1 Å². The van der Waals surface area contributed by atoms with Gasteiger partial charge in [0.2, 0.25) is 17.6 Å².